The summed E-state index contributed by atoms with van der Waals surface area (Å²) in [5.74, 6) is 2.87. The van der Waals surface area contributed by atoms with Crippen molar-refractivity contribution in [2.75, 3.05) is 11.5 Å². The average molecular weight is 208 g/mol. The number of hydrogen-bond donors (Lipinski definition) is 4. The summed E-state index contributed by atoms with van der Waals surface area (Å²) in [7, 11) is 3.47. The van der Waals surface area contributed by atoms with Crippen LogP contribution in [0.15, 0.2) is 0 Å². The van der Waals surface area contributed by atoms with E-state index in [-0.39, 0.29) is 0 Å². The molecule has 0 heterocycles. The van der Waals surface area contributed by atoms with Gasteiger partial charge < -0.3 is 0 Å². The maximum Gasteiger partial charge on any atom is 0.239 e. The summed E-state index contributed by atoms with van der Waals surface area (Å²) in [6.45, 7) is 0. The van der Waals surface area contributed by atoms with Crippen LogP contribution in [-0.4, -0.2) is 23.2 Å². The smallest absolute Gasteiger partial charge is 0.239 e. The summed E-state index contributed by atoms with van der Waals surface area (Å²) < 4.78 is 0. The molecule has 6 heteroatoms. The molecule has 0 aromatic heterocycles. The lowest BCUT2D eigenvalue weighted by atomic mass is 10.5. The fourth-order valence-corrected chi connectivity index (χ4v) is 2.52. The van der Waals surface area contributed by atoms with Crippen molar-refractivity contribution in [3.05, 3.63) is 0 Å². The molecule has 4 nitrogen and oxygen atoms in total. The summed E-state index contributed by atoms with van der Waals surface area (Å²) in [6.07, 6.45) is 1.53. The molecule has 0 spiro atoms. The number of rotatable bonds is 7. The maximum atomic E-state index is 5.28. The largest absolute Gasteiger partial charge is 0.291 e. The quantitative estimate of drug-likeness (QED) is 0.159. The minimum atomic E-state index is 0.494. The number of nitrogens with two attached hydrogens (primary N) is 4. The van der Waals surface area contributed by atoms with Gasteiger partial charge in [-0.25, -0.2) is 0 Å². The van der Waals surface area contributed by atoms with E-state index in [0.29, 0.717) is 11.7 Å². The molecule has 0 aliphatic carbocycles. The van der Waals surface area contributed by atoms with Crippen LogP contribution in [0, 0.1) is 0 Å². The van der Waals surface area contributed by atoms with Crippen LogP contribution in [0.1, 0.15) is 12.8 Å². The summed E-state index contributed by atoms with van der Waals surface area (Å²) in [4.78, 5) is 0. The molecule has 0 saturated heterocycles. The zero-order chi connectivity index (χ0) is 9.40. The van der Waals surface area contributed by atoms with E-state index in [1.54, 1.807) is 21.6 Å². The molecule has 0 amide bonds. The van der Waals surface area contributed by atoms with Gasteiger partial charge in [-0.3, -0.25) is 22.3 Å². The Morgan fingerprint density at radius 2 is 1.25 bits per heavy atom. The molecular formula is C6H16N4S2+2. The first kappa shape index (κ1) is 11.6. The lowest BCUT2D eigenvalue weighted by Crippen LogP contribution is -2.45. The van der Waals surface area contributed by atoms with Gasteiger partial charge in [0.2, 0.25) is 11.7 Å². The average Bonchev–Trinajstić information content (AvgIpc) is 1.95. The Morgan fingerprint density at radius 3 is 1.50 bits per heavy atom. The standard InChI is InChI=1S/C6H14N4S2/c7-5(8)1-3-11-12-4-2-6(9)10/h1-4H2,(H3,7,8)(H3,9,10)/p+2. The predicted octanol–water partition coefficient (Wildman–Crippen LogP) is -2.62. The van der Waals surface area contributed by atoms with Gasteiger partial charge in [0.1, 0.15) is 0 Å². The monoisotopic (exact) mass is 208 g/mol. The molecule has 0 aliphatic rings. The number of amidine groups is 2. The van der Waals surface area contributed by atoms with Crippen LogP contribution in [0.3, 0.4) is 0 Å². The molecule has 12 heavy (non-hydrogen) atoms. The SMILES string of the molecule is NC(=[NH2+])CCSSCCC(N)=[NH2+]. The Labute approximate surface area is 80.3 Å². The second-order valence-electron chi connectivity index (χ2n) is 2.29. The third-order valence-corrected chi connectivity index (χ3v) is 3.44. The van der Waals surface area contributed by atoms with Crippen LogP contribution in [0.25, 0.3) is 0 Å². The second kappa shape index (κ2) is 7.30. The minimum absolute atomic E-state index is 0.494. The highest BCUT2D eigenvalue weighted by molar-refractivity contribution is 8.76. The van der Waals surface area contributed by atoms with Crippen molar-refractivity contribution < 1.29 is 10.8 Å². The van der Waals surface area contributed by atoms with Crippen LogP contribution < -0.4 is 22.3 Å². The minimum Gasteiger partial charge on any atom is -0.291 e. The fourth-order valence-electron chi connectivity index (χ4n) is 0.437. The van der Waals surface area contributed by atoms with Gasteiger partial charge in [-0.2, -0.15) is 0 Å². The highest BCUT2D eigenvalue weighted by atomic mass is 33.1. The van der Waals surface area contributed by atoms with Crippen molar-refractivity contribution in [1.82, 2.24) is 0 Å². The molecule has 0 aromatic rings. The van der Waals surface area contributed by atoms with E-state index in [1.807, 2.05) is 0 Å². The van der Waals surface area contributed by atoms with Crippen LogP contribution in [0.2, 0.25) is 0 Å². The van der Waals surface area contributed by atoms with Crippen LogP contribution in [0.4, 0.5) is 0 Å². The fraction of sp³-hybridized carbons (Fsp3) is 0.667. The third-order valence-electron chi connectivity index (χ3n) is 1.03. The van der Waals surface area contributed by atoms with Gasteiger partial charge in [0.15, 0.2) is 0 Å². The maximum absolute atomic E-state index is 5.28. The first-order valence-corrected chi connectivity index (χ1v) is 6.09. The summed E-state index contributed by atoms with van der Waals surface area (Å²) in [5, 5.41) is 10.6. The third kappa shape index (κ3) is 9.64. The van der Waals surface area contributed by atoms with E-state index in [1.165, 1.54) is 0 Å². The normalized spacial score (nSPS) is 9.67. The van der Waals surface area contributed by atoms with E-state index >= 15 is 0 Å². The lowest BCUT2D eigenvalue weighted by molar-refractivity contribution is -0.118. The van der Waals surface area contributed by atoms with E-state index in [9.17, 15) is 0 Å². The lowest BCUT2D eigenvalue weighted by Gasteiger charge is -1.95. The molecule has 0 aliphatic heterocycles. The highest BCUT2D eigenvalue weighted by Gasteiger charge is 1.98. The first-order valence-electron chi connectivity index (χ1n) is 3.61. The van der Waals surface area contributed by atoms with E-state index in [4.69, 9.17) is 22.3 Å². The number of hydrogen-bond acceptors (Lipinski definition) is 2. The first-order chi connectivity index (χ1) is 5.63. The molecular weight excluding hydrogens is 192 g/mol. The molecule has 0 fully saturated rings. The Kier molecular flexibility index (Phi) is 7.08. The Morgan fingerprint density at radius 1 is 0.917 bits per heavy atom. The van der Waals surface area contributed by atoms with Gasteiger partial charge in [-0.15, -0.1) is 0 Å². The molecule has 0 unspecified atom stereocenters. The van der Waals surface area contributed by atoms with Crippen molar-refractivity contribution in [3.63, 3.8) is 0 Å². The van der Waals surface area contributed by atoms with Crippen LogP contribution in [0.5, 0.6) is 0 Å². The topological polar surface area (TPSA) is 103 Å². The molecule has 0 bridgehead atoms. The molecule has 0 radical (unpaired) electrons. The predicted molar refractivity (Wildman–Crippen MR) is 56.4 cm³/mol. The Bertz CT molecular complexity index is 142. The van der Waals surface area contributed by atoms with Crippen LogP contribution in [-0.2, 0) is 0 Å². The summed E-state index contributed by atoms with van der Waals surface area (Å²) >= 11 is 0. The van der Waals surface area contributed by atoms with Crippen molar-refractivity contribution >= 4 is 33.3 Å². The molecule has 0 aromatic carbocycles. The molecule has 8 N–H and O–H groups in total. The van der Waals surface area contributed by atoms with Gasteiger partial charge in [-0.05, 0) is 0 Å². The van der Waals surface area contributed by atoms with Gasteiger partial charge in [0.05, 0.1) is 12.8 Å². The highest BCUT2D eigenvalue weighted by Crippen LogP contribution is 2.21. The molecule has 0 rings (SSSR count). The van der Waals surface area contributed by atoms with Gasteiger partial charge in [-0.1, -0.05) is 21.6 Å². The van der Waals surface area contributed by atoms with Gasteiger partial charge in [0, 0.05) is 11.5 Å². The zero-order valence-electron chi connectivity index (χ0n) is 6.95. The molecule has 0 saturated carbocycles. The van der Waals surface area contributed by atoms with E-state index in [2.05, 4.69) is 0 Å². The Balaban J connectivity index is 3.01. The van der Waals surface area contributed by atoms with Crippen molar-refractivity contribution in [3.8, 4) is 0 Å². The summed E-state index contributed by atoms with van der Waals surface area (Å²) in [5.41, 5.74) is 10.6. The van der Waals surface area contributed by atoms with Crippen molar-refractivity contribution in [1.29, 1.82) is 0 Å². The van der Waals surface area contributed by atoms with Gasteiger partial charge >= 0.3 is 0 Å². The molecule has 0 atom stereocenters. The second-order valence-corrected chi connectivity index (χ2v) is 5.00. The summed E-state index contributed by atoms with van der Waals surface area (Å²) in [6, 6.07) is 0. The van der Waals surface area contributed by atoms with Crippen molar-refractivity contribution in [2.24, 2.45) is 11.5 Å². The van der Waals surface area contributed by atoms with Crippen molar-refractivity contribution in [2.45, 2.75) is 12.8 Å². The molecule has 70 valence electrons. The zero-order valence-corrected chi connectivity index (χ0v) is 8.59. The Hall–Kier alpha value is -0.360. The van der Waals surface area contributed by atoms with E-state index in [0.717, 1.165) is 24.3 Å². The van der Waals surface area contributed by atoms with Crippen LogP contribution >= 0.6 is 21.6 Å². The van der Waals surface area contributed by atoms with E-state index < -0.39 is 0 Å². The van der Waals surface area contributed by atoms with Gasteiger partial charge in [0.25, 0.3) is 0 Å².